The molecule has 7 nitrogen and oxygen atoms in total. The third-order valence-corrected chi connectivity index (χ3v) is 5.44. The Balaban J connectivity index is 2.20. The van der Waals surface area contributed by atoms with Crippen LogP contribution in [0.5, 0.6) is 0 Å². The van der Waals surface area contributed by atoms with Gasteiger partial charge >= 0.3 is 0 Å². The second-order valence-corrected chi connectivity index (χ2v) is 8.18. The van der Waals surface area contributed by atoms with Gasteiger partial charge in [-0.15, -0.1) is 0 Å². The van der Waals surface area contributed by atoms with Crippen molar-refractivity contribution >= 4 is 11.8 Å². The van der Waals surface area contributed by atoms with E-state index in [0.29, 0.717) is 31.2 Å². The van der Waals surface area contributed by atoms with Crippen LogP contribution < -0.4 is 10.7 Å². The van der Waals surface area contributed by atoms with Crippen LogP contribution in [0.1, 0.15) is 62.7 Å². The first-order chi connectivity index (χ1) is 14.0. The summed E-state index contributed by atoms with van der Waals surface area (Å²) in [4.78, 5) is 30.0. The number of nitrogens with one attached hydrogen (secondary N) is 2. The summed E-state index contributed by atoms with van der Waals surface area (Å²) in [6, 6.07) is 2.99. The van der Waals surface area contributed by atoms with E-state index < -0.39 is 0 Å². The standard InChI is InChI=1S/C22H36N4O3/c1-17(2)11-15-26(25-21(27)19-9-12-23-13-10-19)20(18-7-5-4-6-8-18)22(28)24-14-16-29-3/h9-10,12-13,17-18,20H,4-8,11,14-16H2,1-3H3,(H,24,28)(H,25,27). The summed E-state index contributed by atoms with van der Waals surface area (Å²) in [6.07, 6.45) is 9.57. The van der Waals surface area contributed by atoms with Gasteiger partial charge < -0.3 is 10.1 Å². The molecule has 1 atom stereocenters. The molecule has 1 unspecified atom stereocenters. The number of aromatic nitrogens is 1. The molecule has 0 aromatic carbocycles. The maximum absolute atomic E-state index is 13.2. The van der Waals surface area contributed by atoms with Crippen molar-refractivity contribution in [3.05, 3.63) is 30.1 Å². The highest BCUT2D eigenvalue weighted by atomic mass is 16.5. The minimum Gasteiger partial charge on any atom is -0.383 e. The Labute approximate surface area is 174 Å². The normalized spacial score (nSPS) is 16.0. The van der Waals surface area contributed by atoms with Gasteiger partial charge in [0.25, 0.3) is 5.91 Å². The summed E-state index contributed by atoms with van der Waals surface area (Å²) in [5, 5.41) is 4.87. The number of nitrogens with zero attached hydrogens (tertiary/aromatic N) is 2. The Morgan fingerprint density at radius 3 is 2.52 bits per heavy atom. The molecule has 29 heavy (non-hydrogen) atoms. The lowest BCUT2D eigenvalue weighted by molar-refractivity contribution is -0.130. The molecule has 1 aromatic rings. The number of pyridine rings is 1. The van der Waals surface area contributed by atoms with Crippen molar-refractivity contribution in [2.75, 3.05) is 26.8 Å². The summed E-state index contributed by atoms with van der Waals surface area (Å²) in [6.45, 7) is 5.87. The van der Waals surface area contributed by atoms with Gasteiger partial charge in [0, 0.05) is 38.2 Å². The number of carbonyl (C=O) groups excluding carboxylic acids is 2. The summed E-state index contributed by atoms with van der Waals surface area (Å²) < 4.78 is 5.08. The number of ether oxygens (including phenoxy) is 1. The van der Waals surface area contributed by atoms with Crippen LogP contribution in [0.4, 0.5) is 0 Å². The first-order valence-corrected chi connectivity index (χ1v) is 10.8. The predicted octanol–water partition coefficient (Wildman–Crippen LogP) is 2.79. The fourth-order valence-corrected chi connectivity index (χ4v) is 3.80. The minimum absolute atomic E-state index is 0.0345. The lowest BCUT2D eigenvalue weighted by atomic mass is 9.83. The highest BCUT2D eigenvalue weighted by Crippen LogP contribution is 2.29. The largest absolute Gasteiger partial charge is 0.383 e. The van der Waals surface area contributed by atoms with Gasteiger partial charge in [-0.1, -0.05) is 33.1 Å². The van der Waals surface area contributed by atoms with E-state index in [2.05, 4.69) is 29.6 Å². The van der Waals surface area contributed by atoms with Crippen molar-refractivity contribution in [3.8, 4) is 0 Å². The van der Waals surface area contributed by atoms with E-state index in [9.17, 15) is 9.59 Å². The number of amides is 2. The van der Waals surface area contributed by atoms with E-state index in [-0.39, 0.29) is 23.8 Å². The van der Waals surface area contributed by atoms with Gasteiger partial charge in [0.2, 0.25) is 5.91 Å². The number of carbonyl (C=O) groups is 2. The Kier molecular flexibility index (Phi) is 10.1. The van der Waals surface area contributed by atoms with E-state index in [1.165, 1.54) is 6.42 Å². The smallest absolute Gasteiger partial charge is 0.265 e. The van der Waals surface area contributed by atoms with Crippen LogP contribution >= 0.6 is 0 Å². The van der Waals surface area contributed by atoms with Gasteiger partial charge in [-0.25, -0.2) is 5.01 Å². The van der Waals surface area contributed by atoms with Gasteiger partial charge in [0.1, 0.15) is 6.04 Å². The maximum atomic E-state index is 13.2. The van der Waals surface area contributed by atoms with Gasteiger partial charge in [-0.3, -0.25) is 20.0 Å². The number of hydrogen-bond donors (Lipinski definition) is 2. The average molecular weight is 405 g/mol. The number of rotatable bonds is 11. The van der Waals surface area contributed by atoms with Crippen molar-refractivity contribution in [1.82, 2.24) is 20.7 Å². The molecule has 0 radical (unpaired) electrons. The van der Waals surface area contributed by atoms with Crippen molar-refractivity contribution in [2.45, 2.75) is 58.4 Å². The van der Waals surface area contributed by atoms with Crippen LogP contribution in [-0.4, -0.2) is 54.7 Å². The molecule has 2 rings (SSSR count). The van der Waals surface area contributed by atoms with Crippen molar-refractivity contribution < 1.29 is 14.3 Å². The van der Waals surface area contributed by atoms with Crippen LogP contribution in [-0.2, 0) is 9.53 Å². The van der Waals surface area contributed by atoms with Gasteiger partial charge in [-0.2, -0.15) is 0 Å². The lowest BCUT2D eigenvalue weighted by Gasteiger charge is -2.38. The van der Waals surface area contributed by atoms with E-state index in [4.69, 9.17) is 4.74 Å². The van der Waals surface area contributed by atoms with E-state index in [0.717, 1.165) is 32.1 Å². The summed E-state index contributed by atoms with van der Waals surface area (Å²) in [5.74, 6) is 0.462. The highest BCUT2D eigenvalue weighted by molar-refractivity contribution is 5.94. The number of hydrogen-bond acceptors (Lipinski definition) is 5. The Morgan fingerprint density at radius 1 is 1.21 bits per heavy atom. The third kappa shape index (κ3) is 7.74. The predicted molar refractivity (Wildman–Crippen MR) is 113 cm³/mol. The Morgan fingerprint density at radius 2 is 1.90 bits per heavy atom. The van der Waals surface area contributed by atoms with Crippen LogP contribution in [0.15, 0.2) is 24.5 Å². The summed E-state index contributed by atoms with van der Waals surface area (Å²) in [7, 11) is 1.62. The Bertz CT molecular complexity index is 618. The fraction of sp³-hybridized carbons (Fsp3) is 0.682. The molecule has 2 N–H and O–H groups in total. The molecule has 1 saturated carbocycles. The maximum Gasteiger partial charge on any atom is 0.265 e. The SMILES string of the molecule is COCCNC(=O)C(C1CCCCC1)N(CCC(C)C)NC(=O)c1ccncc1. The monoisotopic (exact) mass is 404 g/mol. The van der Waals surface area contributed by atoms with Gasteiger partial charge in [0.15, 0.2) is 0 Å². The molecule has 1 aromatic heterocycles. The average Bonchev–Trinajstić information content (AvgIpc) is 2.73. The first kappa shape index (κ1) is 23.3. The Hall–Kier alpha value is -1.99. The second kappa shape index (κ2) is 12.5. The van der Waals surface area contributed by atoms with Crippen LogP contribution in [0, 0.1) is 11.8 Å². The number of hydrazine groups is 1. The highest BCUT2D eigenvalue weighted by Gasteiger charge is 2.35. The molecule has 162 valence electrons. The zero-order valence-electron chi connectivity index (χ0n) is 18.0. The molecule has 2 amide bonds. The molecule has 1 aliphatic carbocycles. The number of methoxy groups -OCH3 is 1. The van der Waals surface area contributed by atoms with Crippen LogP contribution in [0.2, 0.25) is 0 Å². The molecule has 1 heterocycles. The molecule has 0 saturated heterocycles. The summed E-state index contributed by atoms with van der Waals surface area (Å²) >= 11 is 0. The topological polar surface area (TPSA) is 83.6 Å². The molecule has 1 aliphatic rings. The minimum atomic E-state index is -0.378. The molecule has 0 spiro atoms. The summed E-state index contributed by atoms with van der Waals surface area (Å²) in [5.41, 5.74) is 3.57. The zero-order valence-corrected chi connectivity index (χ0v) is 18.0. The molecule has 0 aliphatic heterocycles. The molecule has 1 fully saturated rings. The lowest BCUT2D eigenvalue weighted by Crippen LogP contribution is -2.58. The second-order valence-electron chi connectivity index (χ2n) is 8.18. The molecule has 0 bridgehead atoms. The van der Waals surface area contributed by atoms with Crippen molar-refractivity contribution in [2.24, 2.45) is 11.8 Å². The fourth-order valence-electron chi connectivity index (χ4n) is 3.80. The van der Waals surface area contributed by atoms with Crippen LogP contribution in [0.3, 0.4) is 0 Å². The quantitative estimate of drug-likeness (QED) is 0.438. The van der Waals surface area contributed by atoms with E-state index >= 15 is 0 Å². The zero-order chi connectivity index (χ0) is 21.1. The van der Waals surface area contributed by atoms with E-state index in [1.54, 1.807) is 31.6 Å². The molecular weight excluding hydrogens is 368 g/mol. The molecule has 7 heteroatoms. The van der Waals surface area contributed by atoms with Crippen LogP contribution in [0.25, 0.3) is 0 Å². The van der Waals surface area contributed by atoms with Gasteiger partial charge in [0.05, 0.1) is 6.61 Å². The third-order valence-electron chi connectivity index (χ3n) is 5.44. The van der Waals surface area contributed by atoms with Crippen molar-refractivity contribution in [3.63, 3.8) is 0 Å². The van der Waals surface area contributed by atoms with Crippen molar-refractivity contribution in [1.29, 1.82) is 0 Å². The molecular formula is C22H36N4O3. The first-order valence-electron chi connectivity index (χ1n) is 10.8. The van der Waals surface area contributed by atoms with E-state index in [1.807, 2.05) is 5.01 Å². The van der Waals surface area contributed by atoms with Gasteiger partial charge in [-0.05, 0) is 43.2 Å².